The Kier molecular flexibility index (Phi) is 4.65. The Bertz CT molecular complexity index is 744. The van der Waals surface area contributed by atoms with Crippen molar-refractivity contribution >= 4 is 40.6 Å². The normalized spacial score (nSPS) is 16.0. The van der Waals surface area contributed by atoms with Crippen molar-refractivity contribution in [2.75, 3.05) is 13.7 Å². The summed E-state index contributed by atoms with van der Waals surface area (Å²) in [4.78, 5) is 45.5. The first-order chi connectivity index (χ1) is 10.8. The zero-order valence-electron chi connectivity index (χ0n) is 11.7. The number of nitro benzene ring substituents is 1. The first-order valence-electron chi connectivity index (χ1n) is 6.11. The monoisotopic (exact) mass is 337 g/mol. The Balaban J connectivity index is 2.33. The molecule has 0 atom stereocenters. The number of hydrogen-bond acceptors (Lipinski definition) is 8. The van der Waals surface area contributed by atoms with Crippen molar-refractivity contribution in [3.63, 3.8) is 0 Å². The molecule has 0 spiro atoms. The number of nitrogens with zero attached hydrogens (tertiary/aromatic N) is 2. The number of carbonyl (C=O) groups excluding carboxylic acids is 3. The number of ether oxygens (including phenoxy) is 1. The molecule has 23 heavy (non-hydrogen) atoms. The highest BCUT2D eigenvalue weighted by atomic mass is 32.2. The van der Waals surface area contributed by atoms with E-state index >= 15 is 0 Å². The lowest BCUT2D eigenvalue weighted by Gasteiger charge is -2.11. The number of benzene rings is 1. The fourth-order valence-electron chi connectivity index (χ4n) is 1.77. The summed E-state index contributed by atoms with van der Waals surface area (Å²) in [6, 6.07) is 3.64. The smallest absolute Gasteiger partial charge is 0.325 e. The van der Waals surface area contributed by atoms with Crippen molar-refractivity contribution < 1.29 is 29.2 Å². The van der Waals surface area contributed by atoms with Gasteiger partial charge in [-0.2, -0.15) is 0 Å². The fourth-order valence-corrected chi connectivity index (χ4v) is 2.60. The van der Waals surface area contributed by atoms with Crippen LogP contribution in [0.5, 0.6) is 5.75 Å². The second kappa shape index (κ2) is 6.48. The van der Waals surface area contributed by atoms with Crippen molar-refractivity contribution in [2.24, 2.45) is 0 Å². The van der Waals surface area contributed by atoms with E-state index in [9.17, 15) is 29.6 Å². The molecule has 1 fully saturated rings. The predicted octanol–water partition coefficient (Wildman–Crippen LogP) is 0.878. The third kappa shape index (κ3) is 3.31. The quantitative estimate of drug-likeness (QED) is 0.342. The first-order valence-corrected chi connectivity index (χ1v) is 6.93. The molecule has 0 N–H and O–H groups in total. The zero-order chi connectivity index (χ0) is 17.1. The minimum absolute atomic E-state index is 0.0947. The van der Waals surface area contributed by atoms with Gasteiger partial charge in [0.1, 0.15) is 6.54 Å². The molecule has 0 aliphatic carbocycles. The number of carbonyl (C=O) groups is 3. The topological polar surface area (TPSA) is 130 Å². The molecule has 0 unspecified atom stereocenters. The van der Waals surface area contributed by atoms with Crippen molar-refractivity contribution in [3.05, 3.63) is 38.8 Å². The van der Waals surface area contributed by atoms with E-state index in [4.69, 9.17) is 0 Å². The third-order valence-corrected chi connectivity index (χ3v) is 3.80. The van der Waals surface area contributed by atoms with Gasteiger partial charge >= 0.3 is 5.97 Å². The van der Waals surface area contributed by atoms with Crippen molar-refractivity contribution in [1.82, 2.24) is 4.90 Å². The van der Waals surface area contributed by atoms with E-state index in [0.29, 0.717) is 16.7 Å². The fraction of sp³-hybridized carbons (Fsp3) is 0.154. The van der Waals surface area contributed by atoms with E-state index in [0.717, 1.165) is 19.3 Å². The highest BCUT2D eigenvalue weighted by Gasteiger charge is 2.36. The average Bonchev–Trinajstić information content (AvgIpc) is 2.76. The van der Waals surface area contributed by atoms with Crippen LogP contribution in [0.25, 0.3) is 6.08 Å². The lowest BCUT2D eigenvalue weighted by molar-refractivity contribution is -0.398. The third-order valence-electron chi connectivity index (χ3n) is 2.90. The van der Waals surface area contributed by atoms with Gasteiger partial charge in [-0.3, -0.25) is 29.4 Å². The number of amides is 2. The minimum Gasteiger partial charge on any atom is -0.867 e. The van der Waals surface area contributed by atoms with Crippen LogP contribution in [0, 0.1) is 10.1 Å². The molecule has 1 aromatic rings. The average molecular weight is 337 g/mol. The van der Waals surface area contributed by atoms with Gasteiger partial charge in [0.05, 0.1) is 16.9 Å². The summed E-state index contributed by atoms with van der Waals surface area (Å²) in [6.45, 7) is -0.544. The van der Waals surface area contributed by atoms with E-state index in [1.54, 1.807) is 0 Å². The largest absolute Gasteiger partial charge is 0.867 e. The van der Waals surface area contributed by atoms with E-state index < -0.39 is 40.0 Å². The van der Waals surface area contributed by atoms with Crippen LogP contribution in [-0.2, 0) is 14.3 Å². The zero-order valence-corrected chi connectivity index (χ0v) is 12.5. The standard InChI is InChI=1S/C13H10N2O7S/c1-22-10(16)6-14-12(18)9(23-13(14)19)5-7-3-2-4-8(11(7)17)15(20)21/h2-5,17H,6H2,1H3/p-1/b9-5-. The summed E-state index contributed by atoms with van der Waals surface area (Å²) >= 11 is 0.534. The van der Waals surface area contributed by atoms with Crippen LogP contribution in [-0.4, -0.2) is 40.6 Å². The van der Waals surface area contributed by atoms with E-state index in [1.807, 2.05) is 0 Å². The number of imide groups is 1. The van der Waals surface area contributed by atoms with Gasteiger partial charge in [-0.25, -0.2) is 0 Å². The number of esters is 1. The summed E-state index contributed by atoms with van der Waals surface area (Å²) in [5.74, 6) is -2.40. The van der Waals surface area contributed by atoms with Crippen molar-refractivity contribution in [3.8, 4) is 5.75 Å². The van der Waals surface area contributed by atoms with Crippen LogP contribution >= 0.6 is 11.8 Å². The van der Waals surface area contributed by atoms with E-state index in [2.05, 4.69) is 4.74 Å². The number of hydrogen-bond donors (Lipinski definition) is 0. The van der Waals surface area contributed by atoms with Crippen LogP contribution in [0.15, 0.2) is 23.1 Å². The SMILES string of the molecule is COC(=O)CN1C(=O)S/C(=C\c2cccc([N+](=O)[O-])c2[O-])C1=O. The molecule has 1 aliphatic heterocycles. The molecule has 1 saturated heterocycles. The molecule has 2 amide bonds. The molecular weight excluding hydrogens is 328 g/mol. The van der Waals surface area contributed by atoms with Gasteiger partial charge in [0, 0.05) is 6.07 Å². The van der Waals surface area contributed by atoms with Crippen LogP contribution in [0.3, 0.4) is 0 Å². The maximum absolute atomic E-state index is 12.1. The summed E-state index contributed by atoms with van der Waals surface area (Å²) in [5.41, 5.74) is -0.727. The highest BCUT2D eigenvalue weighted by Crippen LogP contribution is 2.35. The maximum atomic E-state index is 12.1. The molecule has 10 heteroatoms. The van der Waals surface area contributed by atoms with Crippen LogP contribution in [0.2, 0.25) is 0 Å². The van der Waals surface area contributed by atoms with Gasteiger partial charge in [-0.1, -0.05) is 12.1 Å². The van der Waals surface area contributed by atoms with Gasteiger partial charge in [0.2, 0.25) is 0 Å². The predicted molar refractivity (Wildman–Crippen MR) is 77.2 cm³/mol. The highest BCUT2D eigenvalue weighted by molar-refractivity contribution is 8.18. The number of para-hydroxylation sites is 1. The van der Waals surface area contributed by atoms with Crippen molar-refractivity contribution in [2.45, 2.75) is 0 Å². The van der Waals surface area contributed by atoms with Crippen LogP contribution in [0.4, 0.5) is 10.5 Å². The van der Waals surface area contributed by atoms with Gasteiger partial charge < -0.3 is 9.84 Å². The lowest BCUT2D eigenvalue weighted by atomic mass is 10.1. The summed E-state index contributed by atoms with van der Waals surface area (Å²) in [6.07, 6.45) is 1.09. The molecule has 1 aliphatic rings. The second-order valence-corrected chi connectivity index (χ2v) is 5.29. The molecule has 9 nitrogen and oxygen atoms in total. The van der Waals surface area contributed by atoms with E-state index in [-0.39, 0.29) is 10.5 Å². The summed E-state index contributed by atoms with van der Waals surface area (Å²) in [7, 11) is 1.12. The Morgan fingerprint density at radius 2 is 2.13 bits per heavy atom. The molecule has 0 saturated carbocycles. The van der Waals surface area contributed by atoms with Gasteiger partial charge in [-0.15, -0.1) is 0 Å². The first kappa shape index (κ1) is 16.5. The second-order valence-electron chi connectivity index (χ2n) is 4.30. The van der Waals surface area contributed by atoms with Crippen LogP contribution in [0.1, 0.15) is 5.56 Å². The van der Waals surface area contributed by atoms with E-state index in [1.165, 1.54) is 12.1 Å². The van der Waals surface area contributed by atoms with Gasteiger partial charge in [0.15, 0.2) is 0 Å². The Hall–Kier alpha value is -2.88. The molecule has 0 aromatic heterocycles. The number of nitro groups is 1. The Morgan fingerprint density at radius 1 is 1.43 bits per heavy atom. The number of rotatable bonds is 4. The molecule has 1 aromatic carbocycles. The molecule has 2 rings (SSSR count). The molecule has 0 bridgehead atoms. The van der Waals surface area contributed by atoms with Crippen LogP contribution < -0.4 is 5.11 Å². The Labute approximate surface area is 133 Å². The molecule has 120 valence electrons. The van der Waals surface area contributed by atoms with Gasteiger partial charge in [-0.05, 0) is 29.2 Å². The molecule has 1 heterocycles. The maximum Gasteiger partial charge on any atom is 0.325 e. The molecular formula is C13H9N2O7S-. The van der Waals surface area contributed by atoms with Crippen molar-refractivity contribution in [1.29, 1.82) is 0 Å². The number of thioether (sulfide) groups is 1. The number of methoxy groups -OCH3 is 1. The summed E-state index contributed by atoms with van der Waals surface area (Å²) in [5, 5.41) is 22.0. The van der Waals surface area contributed by atoms with Gasteiger partial charge in [0.25, 0.3) is 16.8 Å². The Morgan fingerprint density at radius 3 is 2.74 bits per heavy atom. The molecule has 0 radical (unpaired) electrons. The lowest BCUT2D eigenvalue weighted by Crippen LogP contribution is -2.34. The summed E-state index contributed by atoms with van der Waals surface area (Å²) < 4.78 is 4.38. The minimum atomic E-state index is -0.864.